The van der Waals surface area contributed by atoms with E-state index in [0.717, 1.165) is 17.0 Å². The van der Waals surface area contributed by atoms with Gasteiger partial charge in [0, 0.05) is 18.3 Å². The first-order chi connectivity index (χ1) is 8.74. The van der Waals surface area contributed by atoms with Gasteiger partial charge in [-0.3, -0.25) is 0 Å². The molecule has 0 N–H and O–H groups in total. The van der Waals surface area contributed by atoms with Crippen molar-refractivity contribution in [3.63, 3.8) is 0 Å². The average molecular weight is 258 g/mol. The molecule has 2 rings (SSSR count). The second-order valence-electron chi connectivity index (χ2n) is 3.76. The second-order valence-corrected chi connectivity index (χ2v) is 4.13. The number of nitrogens with zero attached hydrogens (tertiary/aromatic N) is 2. The highest BCUT2D eigenvalue weighted by molar-refractivity contribution is 7.71. The van der Waals surface area contributed by atoms with Gasteiger partial charge in [0.2, 0.25) is 0 Å². The summed E-state index contributed by atoms with van der Waals surface area (Å²) in [5, 5.41) is 0. The van der Waals surface area contributed by atoms with Crippen LogP contribution in [0.4, 0.5) is 0 Å². The maximum atomic E-state index is 5.23. The lowest BCUT2D eigenvalue weighted by atomic mass is 10.1. The maximum Gasteiger partial charge on any atom is 0.200 e. The molecule has 1 aromatic carbocycles. The van der Waals surface area contributed by atoms with Crippen LogP contribution in [0, 0.1) is 4.77 Å². The number of hydrogen-bond acceptors (Lipinski definition) is 3. The lowest BCUT2D eigenvalue weighted by Crippen LogP contribution is -2.00. The zero-order valence-electron chi connectivity index (χ0n) is 10.2. The fourth-order valence-electron chi connectivity index (χ4n) is 1.63. The van der Waals surface area contributed by atoms with Crippen molar-refractivity contribution >= 4 is 12.2 Å². The molecule has 0 aliphatic rings. The van der Waals surface area contributed by atoms with E-state index in [0.29, 0.717) is 11.3 Å². The van der Waals surface area contributed by atoms with E-state index in [1.165, 1.54) is 0 Å². The Balaban J connectivity index is 2.35. The van der Waals surface area contributed by atoms with E-state index in [1.54, 1.807) is 13.2 Å². The molecule has 4 heteroatoms. The maximum absolute atomic E-state index is 5.23. The van der Waals surface area contributed by atoms with Gasteiger partial charge in [0.1, 0.15) is 5.75 Å². The first-order valence-electron chi connectivity index (χ1n) is 5.57. The smallest absolute Gasteiger partial charge is 0.200 e. The molecule has 0 saturated heterocycles. The summed E-state index contributed by atoms with van der Waals surface area (Å²) < 4.78 is 7.55. The molecule has 0 saturated carbocycles. The molecule has 0 bridgehead atoms. The highest BCUT2D eigenvalue weighted by Crippen LogP contribution is 2.20. The molecule has 0 aliphatic carbocycles. The van der Waals surface area contributed by atoms with Crippen LogP contribution in [-0.2, 0) is 6.54 Å². The van der Waals surface area contributed by atoms with Gasteiger partial charge in [0.15, 0.2) is 4.77 Å². The lowest BCUT2D eigenvalue weighted by Gasteiger charge is -2.06. The molecule has 0 atom stereocenters. The molecular weight excluding hydrogens is 244 g/mol. The summed E-state index contributed by atoms with van der Waals surface area (Å²) in [6.45, 7) is 4.36. The summed E-state index contributed by atoms with van der Waals surface area (Å²) in [5.41, 5.74) is 1.88. The SMILES string of the molecule is C=CCn1ccc(-c2ccc(OC)cc2)nc1=S. The van der Waals surface area contributed by atoms with E-state index < -0.39 is 0 Å². The van der Waals surface area contributed by atoms with Crippen molar-refractivity contribution in [2.75, 3.05) is 7.11 Å². The highest BCUT2D eigenvalue weighted by atomic mass is 32.1. The Kier molecular flexibility index (Phi) is 3.89. The van der Waals surface area contributed by atoms with Gasteiger partial charge in [0.25, 0.3) is 0 Å². The predicted octanol–water partition coefficient (Wildman–Crippen LogP) is 3.47. The summed E-state index contributed by atoms with van der Waals surface area (Å²) in [5.74, 6) is 0.829. The van der Waals surface area contributed by atoms with Gasteiger partial charge in [-0.2, -0.15) is 0 Å². The molecule has 1 aromatic heterocycles. The van der Waals surface area contributed by atoms with E-state index in [4.69, 9.17) is 17.0 Å². The van der Waals surface area contributed by atoms with Crippen LogP contribution in [0.2, 0.25) is 0 Å². The number of rotatable bonds is 4. The molecule has 3 nitrogen and oxygen atoms in total. The summed E-state index contributed by atoms with van der Waals surface area (Å²) in [6, 6.07) is 9.69. The van der Waals surface area contributed by atoms with Crippen molar-refractivity contribution in [2.24, 2.45) is 0 Å². The number of hydrogen-bond donors (Lipinski definition) is 0. The zero-order chi connectivity index (χ0) is 13.0. The number of allylic oxidation sites excluding steroid dienone is 1. The third kappa shape index (κ3) is 2.65. The Bertz CT molecular complexity index is 602. The van der Waals surface area contributed by atoms with Crippen LogP contribution >= 0.6 is 12.2 Å². The molecular formula is C14H14N2OS. The van der Waals surface area contributed by atoms with E-state index >= 15 is 0 Å². The van der Waals surface area contributed by atoms with Gasteiger partial charge >= 0.3 is 0 Å². The fraction of sp³-hybridized carbons (Fsp3) is 0.143. The van der Waals surface area contributed by atoms with Crippen molar-refractivity contribution in [3.05, 3.63) is 54.0 Å². The molecule has 92 valence electrons. The Morgan fingerprint density at radius 3 is 2.61 bits per heavy atom. The average Bonchev–Trinajstić information content (AvgIpc) is 2.41. The molecule has 2 aromatic rings. The van der Waals surface area contributed by atoms with Crippen molar-refractivity contribution in [3.8, 4) is 17.0 Å². The minimum atomic E-state index is 0.559. The molecule has 18 heavy (non-hydrogen) atoms. The lowest BCUT2D eigenvalue weighted by molar-refractivity contribution is 0.415. The van der Waals surface area contributed by atoms with Crippen LogP contribution in [0.15, 0.2) is 49.2 Å². The van der Waals surface area contributed by atoms with E-state index in [-0.39, 0.29) is 0 Å². The quantitative estimate of drug-likeness (QED) is 0.620. The predicted molar refractivity (Wildman–Crippen MR) is 75.2 cm³/mol. The van der Waals surface area contributed by atoms with Gasteiger partial charge in [-0.25, -0.2) is 4.98 Å². The van der Waals surface area contributed by atoms with Gasteiger partial charge in [-0.15, -0.1) is 6.58 Å². The van der Waals surface area contributed by atoms with Crippen LogP contribution in [0.3, 0.4) is 0 Å². The topological polar surface area (TPSA) is 27.1 Å². The number of methoxy groups -OCH3 is 1. The molecule has 0 fully saturated rings. The van der Waals surface area contributed by atoms with E-state index in [2.05, 4.69) is 11.6 Å². The largest absolute Gasteiger partial charge is 0.497 e. The highest BCUT2D eigenvalue weighted by Gasteiger charge is 2.01. The van der Waals surface area contributed by atoms with Crippen LogP contribution in [-0.4, -0.2) is 16.7 Å². The molecule has 0 aliphatic heterocycles. The minimum Gasteiger partial charge on any atom is -0.497 e. The third-order valence-corrected chi connectivity index (χ3v) is 2.91. The van der Waals surface area contributed by atoms with Crippen molar-refractivity contribution in [2.45, 2.75) is 6.54 Å². The fourth-order valence-corrected chi connectivity index (χ4v) is 1.86. The minimum absolute atomic E-state index is 0.559. The second kappa shape index (κ2) is 5.60. The van der Waals surface area contributed by atoms with E-state index in [1.807, 2.05) is 41.1 Å². The molecule has 0 radical (unpaired) electrons. The van der Waals surface area contributed by atoms with Crippen LogP contribution in [0.5, 0.6) is 5.75 Å². The van der Waals surface area contributed by atoms with Gasteiger partial charge < -0.3 is 9.30 Å². The van der Waals surface area contributed by atoms with E-state index in [9.17, 15) is 0 Å². The number of aromatic nitrogens is 2. The van der Waals surface area contributed by atoms with Gasteiger partial charge in [0.05, 0.1) is 12.8 Å². The molecule has 0 unspecified atom stereocenters. The normalized spacial score (nSPS) is 10.1. The number of benzene rings is 1. The standard InChI is InChI=1S/C14H14N2OS/c1-3-9-16-10-8-13(15-14(16)18)11-4-6-12(17-2)7-5-11/h3-8,10H,1,9H2,2H3. The summed E-state index contributed by atoms with van der Waals surface area (Å²) in [7, 11) is 1.65. The first kappa shape index (κ1) is 12.5. The number of ether oxygens (including phenoxy) is 1. The summed E-state index contributed by atoms with van der Waals surface area (Å²) in [4.78, 5) is 4.41. The van der Waals surface area contributed by atoms with Crippen molar-refractivity contribution < 1.29 is 4.74 Å². The van der Waals surface area contributed by atoms with Crippen molar-refractivity contribution in [1.82, 2.24) is 9.55 Å². The van der Waals surface area contributed by atoms with Gasteiger partial charge in [-0.1, -0.05) is 6.08 Å². The Labute approximate surface area is 111 Å². The zero-order valence-corrected chi connectivity index (χ0v) is 11.0. The Hall–Kier alpha value is -1.94. The molecule has 0 spiro atoms. The molecule has 1 heterocycles. The van der Waals surface area contributed by atoms with Crippen LogP contribution < -0.4 is 4.74 Å². The monoisotopic (exact) mass is 258 g/mol. The van der Waals surface area contributed by atoms with Crippen LogP contribution in [0.1, 0.15) is 0 Å². The Morgan fingerprint density at radius 1 is 1.33 bits per heavy atom. The van der Waals surface area contributed by atoms with Gasteiger partial charge in [-0.05, 0) is 42.5 Å². The first-order valence-corrected chi connectivity index (χ1v) is 5.98. The Morgan fingerprint density at radius 2 is 2.06 bits per heavy atom. The van der Waals surface area contributed by atoms with Crippen molar-refractivity contribution in [1.29, 1.82) is 0 Å². The summed E-state index contributed by atoms with van der Waals surface area (Å²) >= 11 is 5.23. The third-order valence-electron chi connectivity index (χ3n) is 2.59. The molecule has 0 amide bonds. The summed E-state index contributed by atoms with van der Waals surface area (Å²) in [6.07, 6.45) is 3.72. The van der Waals surface area contributed by atoms with Crippen LogP contribution in [0.25, 0.3) is 11.3 Å².